The summed E-state index contributed by atoms with van der Waals surface area (Å²) >= 11 is 0. The minimum atomic E-state index is -1.25. The lowest BCUT2D eigenvalue weighted by Gasteiger charge is -2.37. The van der Waals surface area contributed by atoms with E-state index in [9.17, 15) is 0 Å². The van der Waals surface area contributed by atoms with Gasteiger partial charge in [-0.25, -0.2) is 23.9 Å². The van der Waals surface area contributed by atoms with Gasteiger partial charge in [0.05, 0.1) is 12.7 Å². The Kier molecular flexibility index (Phi) is 4.18. The van der Waals surface area contributed by atoms with Crippen LogP contribution in [0.25, 0.3) is 5.65 Å². The zero-order valence-corrected chi connectivity index (χ0v) is 15.0. The molecule has 3 aromatic rings. The molecule has 1 saturated heterocycles. The molecular formula is C18H22FN7. The molecule has 8 heteroatoms. The molecule has 1 aliphatic heterocycles. The summed E-state index contributed by atoms with van der Waals surface area (Å²) in [6.07, 6.45) is 4.51. The van der Waals surface area contributed by atoms with Gasteiger partial charge in [-0.2, -0.15) is 5.10 Å². The molecule has 0 spiro atoms. The lowest BCUT2D eigenvalue weighted by atomic mass is 9.93. The Morgan fingerprint density at radius 3 is 2.73 bits per heavy atom. The molecule has 1 N–H and O–H groups in total. The molecule has 0 bridgehead atoms. The molecule has 0 saturated carbocycles. The van der Waals surface area contributed by atoms with Crippen LogP contribution in [0, 0.1) is 13.8 Å². The van der Waals surface area contributed by atoms with E-state index in [1.54, 1.807) is 10.7 Å². The topological polar surface area (TPSA) is 71.2 Å². The van der Waals surface area contributed by atoms with Gasteiger partial charge in [0.15, 0.2) is 5.65 Å². The smallest absolute Gasteiger partial charge is 0.157 e. The summed E-state index contributed by atoms with van der Waals surface area (Å²) in [6.45, 7) is 5.28. The SMILES string of the molecule is Cc1cc(NCC2(F)CCN(c3ccn4nccc4n3)CC2)nc(C)n1. The van der Waals surface area contributed by atoms with Crippen LogP contribution in [0.5, 0.6) is 0 Å². The van der Waals surface area contributed by atoms with Gasteiger partial charge >= 0.3 is 0 Å². The van der Waals surface area contributed by atoms with Gasteiger partial charge in [0, 0.05) is 50.0 Å². The fraction of sp³-hybridized carbons (Fsp3) is 0.444. The van der Waals surface area contributed by atoms with Crippen molar-refractivity contribution < 1.29 is 4.39 Å². The van der Waals surface area contributed by atoms with E-state index in [0.717, 1.165) is 17.2 Å². The quantitative estimate of drug-likeness (QED) is 0.776. The number of aryl methyl sites for hydroxylation is 2. The summed E-state index contributed by atoms with van der Waals surface area (Å²) in [7, 11) is 0. The number of piperidine rings is 1. The van der Waals surface area contributed by atoms with Gasteiger partial charge < -0.3 is 10.2 Å². The Labute approximate surface area is 151 Å². The fourth-order valence-electron chi connectivity index (χ4n) is 3.35. The molecule has 0 unspecified atom stereocenters. The molecule has 0 radical (unpaired) electrons. The summed E-state index contributed by atoms with van der Waals surface area (Å²) in [6, 6.07) is 5.63. The van der Waals surface area contributed by atoms with Crippen LogP contribution < -0.4 is 10.2 Å². The first kappa shape index (κ1) is 16.7. The lowest BCUT2D eigenvalue weighted by Crippen LogP contribution is -2.45. The Morgan fingerprint density at radius 2 is 1.96 bits per heavy atom. The maximum atomic E-state index is 15.2. The second kappa shape index (κ2) is 6.51. The van der Waals surface area contributed by atoms with Gasteiger partial charge in [0.1, 0.15) is 23.1 Å². The van der Waals surface area contributed by atoms with E-state index in [-0.39, 0.29) is 6.54 Å². The Bertz CT molecular complexity index is 895. The van der Waals surface area contributed by atoms with Crippen LogP contribution in [-0.2, 0) is 0 Å². The lowest BCUT2D eigenvalue weighted by molar-refractivity contribution is 0.140. The second-order valence-corrected chi connectivity index (χ2v) is 6.85. The van der Waals surface area contributed by atoms with Gasteiger partial charge in [-0.15, -0.1) is 0 Å². The number of aromatic nitrogens is 5. The predicted octanol–water partition coefficient (Wildman–Crippen LogP) is 2.56. The highest BCUT2D eigenvalue weighted by molar-refractivity contribution is 5.47. The monoisotopic (exact) mass is 355 g/mol. The van der Waals surface area contributed by atoms with E-state index in [1.807, 2.05) is 38.2 Å². The van der Waals surface area contributed by atoms with Crippen LogP contribution in [0.1, 0.15) is 24.4 Å². The maximum absolute atomic E-state index is 15.2. The number of alkyl halides is 1. The van der Waals surface area contributed by atoms with Gasteiger partial charge in [-0.1, -0.05) is 0 Å². The van der Waals surface area contributed by atoms with Crippen molar-refractivity contribution in [3.8, 4) is 0 Å². The summed E-state index contributed by atoms with van der Waals surface area (Å²) in [5, 5.41) is 7.29. The van der Waals surface area contributed by atoms with Crippen molar-refractivity contribution in [1.29, 1.82) is 0 Å². The van der Waals surface area contributed by atoms with Crippen LogP contribution >= 0.6 is 0 Å². The van der Waals surface area contributed by atoms with Crippen molar-refractivity contribution in [2.75, 3.05) is 29.9 Å². The Morgan fingerprint density at radius 1 is 1.15 bits per heavy atom. The van der Waals surface area contributed by atoms with Crippen LogP contribution in [0.2, 0.25) is 0 Å². The number of nitrogens with one attached hydrogen (secondary N) is 1. The second-order valence-electron chi connectivity index (χ2n) is 6.85. The number of anilines is 2. The first-order valence-electron chi connectivity index (χ1n) is 8.81. The molecule has 4 heterocycles. The average molecular weight is 355 g/mol. The number of halogens is 1. The minimum Gasteiger partial charge on any atom is -0.367 e. The highest BCUT2D eigenvalue weighted by Crippen LogP contribution is 2.29. The van der Waals surface area contributed by atoms with Gasteiger partial charge in [0.2, 0.25) is 0 Å². The molecule has 0 atom stereocenters. The predicted molar refractivity (Wildman–Crippen MR) is 98.3 cm³/mol. The molecule has 3 aromatic heterocycles. The summed E-state index contributed by atoms with van der Waals surface area (Å²) < 4.78 is 16.9. The summed E-state index contributed by atoms with van der Waals surface area (Å²) in [5.74, 6) is 2.24. The highest BCUT2D eigenvalue weighted by Gasteiger charge is 2.35. The van der Waals surface area contributed by atoms with Gasteiger partial charge in [-0.05, 0) is 19.9 Å². The highest BCUT2D eigenvalue weighted by atomic mass is 19.1. The molecule has 0 amide bonds. The van der Waals surface area contributed by atoms with Crippen LogP contribution in [0.15, 0.2) is 30.6 Å². The largest absolute Gasteiger partial charge is 0.367 e. The van der Waals surface area contributed by atoms with Gasteiger partial charge in [-0.3, -0.25) is 0 Å². The van der Waals surface area contributed by atoms with Crippen molar-refractivity contribution in [2.24, 2.45) is 0 Å². The number of hydrogen-bond donors (Lipinski definition) is 1. The molecule has 0 aromatic carbocycles. The maximum Gasteiger partial charge on any atom is 0.157 e. The minimum absolute atomic E-state index is 0.256. The fourth-order valence-corrected chi connectivity index (χ4v) is 3.35. The zero-order chi connectivity index (χ0) is 18.1. The Balaban J connectivity index is 1.38. The average Bonchev–Trinajstić information content (AvgIpc) is 3.08. The van der Waals surface area contributed by atoms with E-state index in [4.69, 9.17) is 0 Å². The Hall–Kier alpha value is -2.77. The molecule has 4 rings (SSSR count). The molecule has 26 heavy (non-hydrogen) atoms. The summed E-state index contributed by atoms with van der Waals surface area (Å²) in [4.78, 5) is 15.3. The number of fused-ring (bicyclic) bond motifs is 1. The third-order valence-corrected chi connectivity index (χ3v) is 4.78. The molecular weight excluding hydrogens is 333 g/mol. The molecule has 136 valence electrons. The third kappa shape index (κ3) is 3.44. The summed E-state index contributed by atoms with van der Waals surface area (Å²) in [5.41, 5.74) is 0.434. The van der Waals surface area contributed by atoms with E-state index in [1.165, 1.54) is 0 Å². The van der Waals surface area contributed by atoms with E-state index in [0.29, 0.717) is 37.6 Å². The normalized spacial score (nSPS) is 16.8. The molecule has 7 nitrogen and oxygen atoms in total. The van der Waals surface area contributed by atoms with E-state index >= 15 is 4.39 Å². The van der Waals surface area contributed by atoms with Gasteiger partial charge in [0.25, 0.3) is 0 Å². The number of rotatable bonds is 4. The molecule has 1 aliphatic rings. The number of hydrogen-bond acceptors (Lipinski definition) is 6. The van der Waals surface area contributed by atoms with Crippen molar-refractivity contribution in [1.82, 2.24) is 24.6 Å². The van der Waals surface area contributed by atoms with Crippen LogP contribution in [0.4, 0.5) is 16.0 Å². The van der Waals surface area contributed by atoms with E-state index < -0.39 is 5.67 Å². The van der Waals surface area contributed by atoms with Crippen molar-refractivity contribution in [2.45, 2.75) is 32.4 Å². The van der Waals surface area contributed by atoms with E-state index in [2.05, 4.69) is 30.3 Å². The molecule has 1 fully saturated rings. The van der Waals surface area contributed by atoms with Crippen LogP contribution in [-0.4, -0.2) is 49.9 Å². The van der Waals surface area contributed by atoms with Crippen molar-refractivity contribution in [3.05, 3.63) is 42.1 Å². The third-order valence-electron chi connectivity index (χ3n) is 4.78. The number of nitrogens with zero attached hydrogens (tertiary/aromatic N) is 6. The van der Waals surface area contributed by atoms with Crippen molar-refractivity contribution in [3.63, 3.8) is 0 Å². The molecule has 0 aliphatic carbocycles. The van der Waals surface area contributed by atoms with Crippen LogP contribution in [0.3, 0.4) is 0 Å². The standard InChI is InChI=1S/C18H22FN7/c1-13-11-15(23-14(2)22-13)20-12-18(19)5-9-25(10-6-18)16-4-8-26-17(24-16)3-7-21-26/h3-4,7-8,11H,5-6,9-10,12H2,1-2H3,(H,20,22,23). The first-order chi connectivity index (χ1) is 12.5. The zero-order valence-electron chi connectivity index (χ0n) is 15.0. The van der Waals surface area contributed by atoms with Crippen molar-refractivity contribution >= 4 is 17.3 Å². The first-order valence-corrected chi connectivity index (χ1v) is 8.81.